The van der Waals surface area contributed by atoms with Gasteiger partial charge < -0.3 is 19.4 Å². The number of anilines is 2. The first-order valence-electron chi connectivity index (χ1n) is 8.54. The summed E-state index contributed by atoms with van der Waals surface area (Å²) in [6, 6.07) is 9.75. The lowest BCUT2D eigenvalue weighted by Crippen LogP contribution is -2.02. The summed E-state index contributed by atoms with van der Waals surface area (Å²) < 4.78 is 13.7. The topological polar surface area (TPSA) is 74.1 Å². The van der Waals surface area contributed by atoms with E-state index in [0.29, 0.717) is 17.4 Å². The smallest absolute Gasteiger partial charge is 0.229 e. The molecule has 1 N–H and O–H groups in total. The minimum Gasteiger partial charge on any atom is -0.493 e. The van der Waals surface area contributed by atoms with Gasteiger partial charge in [-0.15, -0.1) is 0 Å². The van der Waals surface area contributed by atoms with Crippen molar-refractivity contribution >= 4 is 45.3 Å². The van der Waals surface area contributed by atoms with Crippen LogP contribution in [0.1, 0.15) is 5.56 Å². The van der Waals surface area contributed by atoms with E-state index in [4.69, 9.17) is 14.5 Å². The van der Waals surface area contributed by atoms with E-state index in [-0.39, 0.29) is 0 Å². The molecule has 0 fully saturated rings. The normalized spacial score (nSPS) is 10.9. The predicted molar refractivity (Wildman–Crippen MR) is 117 cm³/mol. The Bertz CT molecular complexity index is 1160. The van der Waals surface area contributed by atoms with E-state index in [1.54, 1.807) is 20.4 Å². The monoisotopic (exact) mass is 487 g/mol. The first-order chi connectivity index (χ1) is 13.6. The summed E-state index contributed by atoms with van der Waals surface area (Å²) in [7, 11) is 3.23. The Hall–Kier alpha value is -2.88. The van der Waals surface area contributed by atoms with Crippen molar-refractivity contribution in [1.82, 2.24) is 19.5 Å². The van der Waals surface area contributed by atoms with Crippen molar-refractivity contribution in [3.05, 3.63) is 58.2 Å². The Morgan fingerprint density at radius 3 is 2.57 bits per heavy atom. The fourth-order valence-electron chi connectivity index (χ4n) is 2.96. The minimum absolute atomic E-state index is 0.506. The molecule has 0 radical (unpaired) electrons. The van der Waals surface area contributed by atoms with Gasteiger partial charge in [0.05, 0.1) is 19.9 Å². The fraction of sp³-hybridized carbons (Fsp3) is 0.150. The quantitative estimate of drug-likeness (QED) is 0.331. The van der Waals surface area contributed by atoms with E-state index < -0.39 is 0 Å². The molecule has 142 valence electrons. The average molecular weight is 487 g/mol. The first-order valence-corrected chi connectivity index (χ1v) is 9.62. The summed E-state index contributed by atoms with van der Waals surface area (Å²) in [6.45, 7) is 1.99. The lowest BCUT2D eigenvalue weighted by Gasteiger charge is -2.13. The van der Waals surface area contributed by atoms with Gasteiger partial charge in [0, 0.05) is 35.7 Å². The number of benzene rings is 1. The number of rotatable bonds is 5. The lowest BCUT2D eigenvalue weighted by molar-refractivity contribution is 0.355. The van der Waals surface area contributed by atoms with Crippen molar-refractivity contribution in [3.8, 4) is 17.2 Å². The first kappa shape index (κ1) is 18.5. The summed E-state index contributed by atoms with van der Waals surface area (Å²) in [6.07, 6.45) is 5.58. The molecule has 4 rings (SSSR count). The molecule has 0 bridgehead atoms. The number of ether oxygens (including phenoxy) is 2. The van der Waals surface area contributed by atoms with E-state index in [1.807, 2.05) is 54.2 Å². The molecule has 1 aromatic carbocycles. The molecule has 0 unspecified atom stereocenters. The number of hydrogen-bond acceptors (Lipinski definition) is 6. The maximum atomic E-state index is 5.40. The SMILES string of the molecule is COc1cc(C)c(Nc2ncc3ccn(-c4ccnc(I)c4)c3n2)cc1OC. The average Bonchev–Trinajstić information content (AvgIpc) is 3.12. The van der Waals surface area contributed by atoms with Gasteiger partial charge in [-0.1, -0.05) is 0 Å². The van der Waals surface area contributed by atoms with Crippen LogP contribution in [0.2, 0.25) is 0 Å². The van der Waals surface area contributed by atoms with E-state index >= 15 is 0 Å². The Labute approximate surface area is 175 Å². The number of halogens is 1. The number of methoxy groups -OCH3 is 2. The summed E-state index contributed by atoms with van der Waals surface area (Å²) in [5.41, 5.74) is 3.67. The molecule has 0 aliphatic rings. The highest BCUT2D eigenvalue weighted by Crippen LogP contribution is 2.34. The Kier molecular flexibility index (Phi) is 5.03. The molecule has 0 aliphatic carbocycles. The summed E-state index contributed by atoms with van der Waals surface area (Å²) in [4.78, 5) is 13.4. The summed E-state index contributed by atoms with van der Waals surface area (Å²) in [5.74, 6) is 1.83. The molecule has 0 aliphatic heterocycles. The molecule has 0 amide bonds. The maximum Gasteiger partial charge on any atom is 0.229 e. The van der Waals surface area contributed by atoms with Gasteiger partial charge in [0.2, 0.25) is 5.95 Å². The number of nitrogens with one attached hydrogen (secondary N) is 1. The molecule has 0 atom stereocenters. The molecule has 7 nitrogen and oxygen atoms in total. The van der Waals surface area contributed by atoms with Crippen molar-refractivity contribution in [3.63, 3.8) is 0 Å². The minimum atomic E-state index is 0.506. The Morgan fingerprint density at radius 2 is 1.82 bits per heavy atom. The second-order valence-electron chi connectivity index (χ2n) is 6.14. The van der Waals surface area contributed by atoms with Crippen LogP contribution in [-0.4, -0.2) is 33.7 Å². The van der Waals surface area contributed by atoms with Crippen LogP contribution in [0.5, 0.6) is 11.5 Å². The molecule has 3 heterocycles. The Morgan fingerprint density at radius 1 is 1.04 bits per heavy atom. The van der Waals surface area contributed by atoms with Gasteiger partial charge in [-0.3, -0.25) is 4.98 Å². The van der Waals surface area contributed by atoms with Crippen molar-refractivity contribution in [1.29, 1.82) is 0 Å². The van der Waals surface area contributed by atoms with Gasteiger partial charge in [0.15, 0.2) is 11.5 Å². The third kappa shape index (κ3) is 3.47. The standard InChI is InChI=1S/C20H18IN5O2/c1-12-8-16(27-2)17(28-3)10-15(12)24-20-23-11-13-5-7-26(19(13)25-20)14-4-6-22-18(21)9-14/h4-11H,1-3H3,(H,23,24,25). The number of nitrogens with zero attached hydrogens (tertiary/aromatic N) is 4. The highest BCUT2D eigenvalue weighted by Gasteiger charge is 2.12. The van der Waals surface area contributed by atoms with E-state index in [9.17, 15) is 0 Å². The van der Waals surface area contributed by atoms with Crippen LogP contribution in [0.4, 0.5) is 11.6 Å². The van der Waals surface area contributed by atoms with Gasteiger partial charge in [0.25, 0.3) is 0 Å². The summed E-state index contributed by atoms with van der Waals surface area (Å²) >= 11 is 2.20. The van der Waals surface area contributed by atoms with Crippen LogP contribution in [0.25, 0.3) is 16.7 Å². The van der Waals surface area contributed by atoms with Crippen molar-refractivity contribution in [2.75, 3.05) is 19.5 Å². The van der Waals surface area contributed by atoms with Gasteiger partial charge in [-0.25, -0.2) is 4.98 Å². The van der Waals surface area contributed by atoms with E-state index in [2.05, 4.69) is 37.9 Å². The van der Waals surface area contributed by atoms with Gasteiger partial charge >= 0.3 is 0 Å². The lowest BCUT2D eigenvalue weighted by atomic mass is 10.1. The van der Waals surface area contributed by atoms with Crippen LogP contribution < -0.4 is 14.8 Å². The van der Waals surface area contributed by atoms with E-state index in [1.165, 1.54) is 0 Å². The van der Waals surface area contributed by atoms with Crippen LogP contribution in [0.15, 0.2) is 48.9 Å². The molecule has 3 aromatic heterocycles. The van der Waals surface area contributed by atoms with Crippen molar-refractivity contribution < 1.29 is 9.47 Å². The maximum absolute atomic E-state index is 5.40. The van der Waals surface area contributed by atoms with E-state index in [0.717, 1.165) is 31.7 Å². The van der Waals surface area contributed by atoms with Gasteiger partial charge in [-0.05, 0) is 59.3 Å². The van der Waals surface area contributed by atoms with Crippen LogP contribution in [-0.2, 0) is 0 Å². The second-order valence-corrected chi connectivity index (χ2v) is 7.25. The fourth-order valence-corrected chi connectivity index (χ4v) is 3.44. The number of hydrogen-bond donors (Lipinski definition) is 1. The van der Waals surface area contributed by atoms with Gasteiger partial charge in [-0.2, -0.15) is 4.98 Å². The van der Waals surface area contributed by atoms with Crippen LogP contribution >= 0.6 is 22.6 Å². The Balaban J connectivity index is 1.74. The predicted octanol–water partition coefficient (Wildman–Crippen LogP) is 4.49. The highest BCUT2D eigenvalue weighted by molar-refractivity contribution is 14.1. The molecule has 0 saturated carbocycles. The molecular formula is C20H18IN5O2. The zero-order valence-corrected chi connectivity index (χ0v) is 17.8. The van der Waals surface area contributed by atoms with Gasteiger partial charge in [0.1, 0.15) is 9.35 Å². The number of pyridine rings is 1. The number of aryl methyl sites for hydroxylation is 1. The van der Waals surface area contributed by atoms with Crippen LogP contribution in [0.3, 0.4) is 0 Å². The molecule has 4 aromatic rings. The van der Waals surface area contributed by atoms with Crippen LogP contribution in [0, 0.1) is 10.6 Å². The third-order valence-corrected chi connectivity index (χ3v) is 4.98. The molecular weight excluding hydrogens is 469 g/mol. The molecule has 0 spiro atoms. The third-order valence-electron chi connectivity index (χ3n) is 4.39. The second kappa shape index (κ2) is 7.63. The molecule has 28 heavy (non-hydrogen) atoms. The zero-order valence-electron chi connectivity index (χ0n) is 15.6. The molecule has 0 saturated heterocycles. The highest BCUT2D eigenvalue weighted by atomic mass is 127. The van der Waals surface area contributed by atoms with Crippen molar-refractivity contribution in [2.24, 2.45) is 0 Å². The molecule has 8 heteroatoms. The number of fused-ring (bicyclic) bond motifs is 1. The zero-order chi connectivity index (χ0) is 19.7. The number of aromatic nitrogens is 4. The summed E-state index contributed by atoms with van der Waals surface area (Å²) in [5, 5.41) is 4.24. The largest absolute Gasteiger partial charge is 0.493 e. The van der Waals surface area contributed by atoms with Crippen molar-refractivity contribution in [2.45, 2.75) is 6.92 Å².